The van der Waals surface area contributed by atoms with Gasteiger partial charge in [0.05, 0.1) is 133 Å². The predicted molar refractivity (Wildman–Crippen MR) is 577 cm³/mol. The zero-order valence-electron chi connectivity index (χ0n) is 91.7. The van der Waals surface area contributed by atoms with E-state index in [2.05, 4.69) is 293 Å². The van der Waals surface area contributed by atoms with E-state index in [-0.39, 0.29) is 23.2 Å². The number of aryl methyl sites for hydroxylation is 8. The first kappa shape index (κ1) is 124. The van der Waals surface area contributed by atoms with Crippen molar-refractivity contribution in [1.82, 2.24) is 64.0 Å². The van der Waals surface area contributed by atoms with Crippen molar-refractivity contribution in [3.63, 3.8) is 0 Å². The number of aliphatic hydroxyl groups is 1. The van der Waals surface area contributed by atoms with E-state index in [1.54, 1.807) is 73.1 Å². The number of esters is 4. The van der Waals surface area contributed by atoms with Gasteiger partial charge in [-0.05, 0) is 175 Å². The number of nitrogens with one attached hydrogen (secondary N) is 1. The van der Waals surface area contributed by atoms with E-state index < -0.39 is 97.4 Å². The molecule has 0 bridgehead atoms. The van der Waals surface area contributed by atoms with Crippen LogP contribution >= 0.6 is 121 Å². The second-order valence-corrected chi connectivity index (χ2v) is 38.2. The van der Waals surface area contributed by atoms with Gasteiger partial charge in [-0.3, -0.25) is 0 Å². The van der Waals surface area contributed by atoms with Crippen LogP contribution in [0.2, 0.25) is 19.6 Å². The summed E-state index contributed by atoms with van der Waals surface area (Å²) < 4.78 is 186. The van der Waals surface area contributed by atoms with E-state index in [4.69, 9.17) is 50.2 Å². The maximum absolute atomic E-state index is 13.1. The smallest absolute Gasteiger partial charge is 0.410 e. The van der Waals surface area contributed by atoms with Crippen molar-refractivity contribution in [2.24, 2.45) is 49.6 Å². The molecule has 5 heterocycles. The average Bonchev–Trinajstić information content (AvgIpc) is 0.978. The molecule has 0 unspecified atom stereocenters. The standard InChI is InChI=1S/C13H15FO2Si.C12H17BrN4O2.C10H11FO2.C10H7FO2.C8H6BrFO2.C7H9BrN4.C7H5F3.C6H5Br2N3.C6H6BrN3.C6H7N3.C6H15N.CH5N.CH4O.2BHNS.H2/c1-16-13(15)12-6-5-11(14)9-10(12)7-8-17(2,3)4;1-12(2,3)19-11(18)16(5)7-8-9(13)10(14-4)17(6)15-8;2*1-3-7-6-8(11)4-5-9(7)10(12)13-2;1-12-8(11)6-3-2-5(10)4-7(6)9;1-9-4-5-6(8)7(10-2)12(3)11-5;8-7(9,10)6-4-2-1-3-5-6;1-9-6-5(8)4(3-7)10-11(6)2;1-4-5(7)6(8-2)10(3)9-4;1-5-4-6(7-2)9(3)8-5;1-4-7(5-2)6-3;2*1-2;2*1-2-3;/h5-6,9H,1-4H3;7H2,1-3,5-6H3;4-6H,3H2,1-2H3;1,4-6H,2H3;2-4H,1H3;9H,4H2,1,3H3;1-5H;3H2,2H3;1,3H3;4H,1,3H3;4-6H2,1-3H3;2H2,1H3;2H,1H3;2*3H;1H/i;;1D3,3D2;1D;;;;;;;;;2D;;;1+1D. The summed E-state index contributed by atoms with van der Waals surface area (Å²) in [6.07, 6.45) is -5.62. The number of nitrogens with two attached hydrogens (primary N) is 1. The molecule has 32 nitrogen and oxygen atoms in total. The SMILES string of the molecule is CCN(CC)CC.CN.COC(=O)c1ccc(F)cc1Br.COC(=O)c1ccc(F)cc1C#C[Si](C)(C)C.FC(F)(F)c1ccccc1.[2H]C#Cc1cc(F)ccc1C(=O)OC.[2H]C([2H])([2H])C([2H])([2H])c1cc(F)ccc1C(=O)OC.[2H]OC.[2H][2H].[B]=NS.[B]=NS.[C-]#[N+]c1c(Br)c(C)nn1C.[C-]#[N+]c1c(Br)c(CBr)nn1C.[C-]#[N+]c1c(Br)c(CN(C)C(=O)OC(C)(C)C)nn1C.[C-]#[N+]c1c(Br)c(CNC)nn1C.[C-]#[N+]c1cc(C)nn1C. The number of carbonyl (C=O) groups is 5. The third-order valence-corrected chi connectivity index (χ3v) is 21.5. The van der Waals surface area contributed by atoms with Crippen LogP contribution in [0.5, 0.6) is 0 Å². The van der Waals surface area contributed by atoms with Gasteiger partial charge in [0.25, 0.3) is 29.1 Å². The average molecular weight is 2440 g/mol. The summed E-state index contributed by atoms with van der Waals surface area (Å²) in [6.45, 7) is 57.7. The molecule has 50 heteroatoms. The number of aromatic nitrogens is 10. The molecule has 10 aromatic rings. The van der Waals surface area contributed by atoms with Crippen LogP contribution in [0.1, 0.15) is 152 Å². The number of halogens is 13. The first-order valence-corrected chi connectivity index (χ1v) is 49.8. The van der Waals surface area contributed by atoms with E-state index >= 15 is 0 Å². The van der Waals surface area contributed by atoms with Crippen LogP contribution in [0, 0.1) is 93.8 Å². The Morgan fingerprint density at radius 1 is 0.622 bits per heavy atom. The number of hydrogen-bond acceptors (Lipinski definition) is 23. The Labute approximate surface area is 910 Å². The Morgan fingerprint density at radius 3 is 1.32 bits per heavy atom. The molecule has 143 heavy (non-hydrogen) atoms. The Morgan fingerprint density at radius 2 is 1.00 bits per heavy atom. The zero-order valence-corrected chi connectivity index (χ0v) is 95.0. The molecular weight excluding hydrogens is 2310 g/mol. The van der Waals surface area contributed by atoms with Crippen LogP contribution in [-0.4, -0.2) is 200 Å². The molecule has 4 N–H and O–H groups in total. The molecule has 0 aliphatic heterocycles. The number of nitrogens with zero attached hydrogens (tertiary/aromatic N) is 19. The van der Waals surface area contributed by atoms with Gasteiger partial charge in [0.1, 0.15) is 49.7 Å². The van der Waals surface area contributed by atoms with Gasteiger partial charge in [-0.15, -0.1) is 37.4 Å². The van der Waals surface area contributed by atoms with Crippen molar-refractivity contribution in [3.05, 3.63) is 285 Å². The van der Waals surface area contributed by atoms with Gasteiger partial charge < -0.3 is 73.9 Å². The Bertz CT molecular complexity index is 6330. The van der Waals surface area contributed by atoms with Crippen molar-refractivity contribution in [2.75, 3.05) is 76.3 Å². The van der Waals surface area contributed by atoms with E-state index in [0.717, 1.165) is 79.7 Å². The van der Waals surface area contributed by atoms with Gasteiger partial charge in [0.2, 0.25) is 1.43 Å². The number of rotatable bonds is 13. The number of terminal acetylenes is 1. The van der Waals surface area contributed by atoms with Crippen molar-refractivity contribution >= 4 is 204 Å². The summed E-state index contributed by atoms with van der Waals surface area (Å²) in [5.41, 5.74) is 11.0. The number of hydrogen-bond donors (Lipinski definition) is 5. The molecule has 0 saturated heterocycles. The number of thiol groups is 2. The molecule has 1 amide bonds. The third kappa shape index (κ3) is 54.9. The second-order valence-electron chi connectivity index (χ2n) is 28.4. The number of benzene rings is 5. The summed E-state index contributed by atoms with van der Waals surface area (Å²) in [4.78, 5) is 77.2. The van der Waals surface area contributed by atoms with Gasteiger partial charge in [-0.2, -0.15) is 31.9 Å². The van der Waals surface area contributed by atoms with Crippen LogP contribution in [0.25, 0.3) is 24.2 Å². The van der Waals surface area contributed by atoms with Crippen LogP contribution in [-0.2, 0) is 89.9 Å². The quantitative estimate of drug-likeness (QED) is 0.0105. The maximum Gasteiger partial charge on any atom is 0.410 e. The number of ether oxygens (including phenoxy) is 5. The normalized spacial score (nSPS) is 10.5. The molecule has 5 aromatic carbocycles. The molecule has 2 radical (unpaired) electrons. The summed E-state index contributed by atoms with van der Waals surface area (Å²) >= 11 is 25.9. The van der Waals surface area contributed by atoms with E-state index in [1.807, 2.05) is 48.1 Å². The molecular formula is C93H116B2Br6F7N21O11S2Si. The third-order valence-electron chi connectivity index (χ3n) is 16.1. The maximum atomic E-state index is 13.1. The molecule has 5 aromatic heterocycles. The molecule has 0 saturated carbocycles. The fraction of sp³-hybridized carbons (Fsp3) is 0.366. The van der Waals surface area contributed by atoms with Crippen LogP contribution in [0.15, 0.2) is 140 Å². The Hall–Kier alpha value is -11.3. The van der Waals surface area contributed by atoms with Crippen molar-refractivity contribution in [3.8, 4) is 23.8 Å². The molecule has 0 atom stereocenters. The molecule has 0 spiro atoms. The first-order chi connectivity index (χ1) is 70.9. The number of methoxy groups -OCH3 is 4. The van der Waals surface area contributed by atoms with Crippen molar-refractivity contribution in [1.29, 1.82) is 1.43 Å². The fourth-order valence-corrected chi connectivity index (χ4v) is 13.5. The van der Waals surface area contributed by atoms with Crippen molar-refractivity contribution < 1.29 is 94.7 Å². The summed E-state index contributed by atoms with van der Waals surface area (Å²) in [5.74, 6) is 3.20. The predicted octanol–water partition coefficient (Wildman–Crippen LogP) is 23.3. The minimum absolute atomic E-state index is 0.159. The molecule has 0 aliphatic carbocycles. The van der Waals surface area contributed by atoms with Crippen LogP contribution in [0.4, 0.5) is 64.6 Å². The molecule has 0 aliphatic rings. The van der Waals surface area contributed by atoms with E-state index in [9.17, 15) is 54.7 Å². The first-order valence-electron chi connectivity index (χ1n) is 44.8. The molecule has 772 valence electrons. The van der Waals surface area contributed by atoms with Gasteiger partial charge >= 0.3 is 85.7 Å². The van der Waals surface area contributed by atoms with Gasteiger partial charge in [0.15, 0.2) is 0 Å². The summed E-state index contributed by atoms with van der Waals surface area (Å²) in [6, 6.07) is 21.9. The van der Waals surface area contributed by atoms with Crippen LogP contribution < -0.4 is 11.1 Å². The Balaban J connectivity index is -0.000000384. The summed E-state index contributed by atoms with van der Waals surface area (Å²) in [7, 11) is 27.0. The van der Waals surface area contributed by atoms with Crippen LogP contribution in [0.3, 0.4) is 0 Å². The molecule has 0 fully saturated rings. The number of aliphatic hydroxyl groups excluding tert-OH is 1. The number of alkyl halides is 4. The Kier molecular flexibility index (Phi) is 66.3. The number of amides is 1. The largest absolute Gasteiger partial charge is 0.444 e. The van der Waals surface area contributed by atoms with Gasteiger partial charge in [-0.25, -0.2) is 46.2 Å². The van der Waals surface area contributed by atoms with Gasteiger partial charge in [0, 0.05) is 51.5 Å². The minimum atomic E-state index is -4.21. The zero-order chi connectivity index (χ0) is 119. The van der Waals surface area contributed by atoms with E-state index in [1.165, 1.54) is 119 Å². The second kappa shape index (κ2) is 76.4. The molecule has 10 rings (SSSR count). The topological polar surface area (TPSA) is 332 Å². The fourth-order valence-electron chi connectivity index (χ4n) is 9.57. The van der Waals surface area contributed by atoms with Crippen molar-refractivity contribution in [2.45, 2.75) is 118 Å². The van der Waals surface area contributed by atoms with E-state index in [0.29, 0.717) is 78.4 Å². The number of carbonyl (C=O) groups excluding carboxylic acids is 5. The monoisotopic (exact) mass is 2430 g/mol. The minimum Gasteiger partial charge on any atom is -0.444 e. The van der Waals surface area contributed by atoms with Gasteiger partial charge in [-0.1, -0.05) is 202 Å². The summed E-state index contributed by atoms with van der Waals surface area (Å²) in [5, 5.41) is 27.6.